The first-order valence-electron chi connectivity index (χ1n) is 8.80. The summed E-state index contributed by atoms with van der Waals surface area (Å²) in [4.78, 5) is 14.7. The van der Waals surface area contributed by atoms with Gasteiger partial charge in [-0.25, -0.2) is 9.07 Å². The van der Waals surface area contributed by atoms with E-state index in [-0.39, 0.29) is 11.7 Å². The Labute approximate surface area is 163 Å². The van der Waals surface area contributed by atoms with E-state index in [4.69, 9.17) is 11.6 Å². The van der Waals surface area contributed by atoms with Gasteiger partial charge in [0.25, 0.3) is 5.91 Å². The molecule has 3 rings (SSSR count). The Bertz CT molecular complexity index is 940. The summed E-state index contributed by atoms with van der Waals surface area (Å²) < 4.78 is 15.1. The Morgan fingerprint density at radius 2 is 1.85 bits per heavy atom. The molecular weight excluding hydrogens is 365 g/mol. The summed E-state index contributed by atoms with van der Waals surface area (Å²) in [5, 5.41) is 4.76. The van der Waals surface area contributed by atoms with Gasteiger partial charge in [0.2, 0.25) is 0 Å². The van der Waals surface area contributed by atoms with Crippen molar-refractivity contribution in [2.45, 2.75) is 26.9 Å². The molecule has 0 aliphatic heterocycles. The molecule has 0 N–H and O–H groups in total. The molecule has 4 nitrogen and oxygen atoms in total. The second kappa shape index (κ2) is 8.35. The minimum atomic E-state index is -0.319. The number of rotatable bonds is 6. The predicted octanol–water partition coefficient (Wildman–Crippen LogP) is 4.69. The number of hydrogen-bond donors (Lipinski definition) is 0. The summed E-state index contributed by atoms with van der Waals surface area (Å²) >= 11 is 6.50. The second-order valence-corrected chi connectivity index (χ2v) is 6.70. The SMILES string of the molecule is CCN(Cc1cccc(F)c1)C(=O)c1c(C)nn(Cc2ccccc2)c1Cl. The second-order valence-electron chi connectivity index (χ2n) is 6.34. The van der Waals surface area contributed by atoms with E-state index in [1.165, 1.54) is 12.1 Å². The van der Waals surface area contributed by atoms with E-state index in [1.807, 2.05) is 37.3 Å². The Kier molecular flexibility index (Phi) is 5.91. The lowest BCUT2D eigenvalue weighted by atomic mass is 10.1. The minimum Gasteiger partial charge on any atom is -0.334 e. The zero-order valence-electron chi connectivity index (χ0n) is 15.3. The van der Waals surface area contributed by atoms with Crippen LogP contribution in [-0.2, 0) is 13.1 Å². The average molecular weight is 386 g/mol. The van der Waals surface area contributed by atoms with E-state index in [2.05, 4.69) is 5.10 Å². The number of amides is 1. The van der Waals surface area contributed by atoms with E-state index < -0.39 is 0 Å². The molecular formula is C21H21ClFN3O. The fourth-order valence-electron chi connectivity index (χ4n) is 3.00. The quantitative estimate of drug-likeness (QED) is 0.617. The van der Waals surface area contributed by atoms with Crippen molar-refractivity contribution in [2.24, 2.45) is 0 Å². The summed E-state index contributed by atoms with van der Waals surface area (Å²) in [5.74, 6) is -0.524. The third kappa shape index (κ3) is 4.37. The normalized spacial score (nSPS) is 10.8. The van der Waals surface area contributed by atoms with E-state index >= 15 is 0 Å². The predicted molar refractivity (Wildman–Crippen MR) is 104 cm³/mol. The Morgan fingerprint density at radius 1 is 1.15 bits per heavy atom. The van der Waals surface area contributed by atoms with Crippen molar-refractivity contribution in [3.63, 3.8) is 0 Å². The maximum Gasteiger partial charge on any atom is 0.259 e. The molecule has 27 heavy (non-hydrogen) atoms. The van der Waals surface area contributed by atoms with Crippen LogP contribution in [0.25, 0.3) is 0 Å². The van der Waals surface area contributed by atoms with Gasteiger partial charge in [-0.15, -0.1) is 0 Å². The first kappa shape index (κ1) is 19.1. The molecule has 0 radical (unpaired) electrons. The zero-order chi connectivity index (χ0) is 19.4. The van der Waals surface area contributed by atoms with Gasteiger partial charge < -0.3 is 4.90 Å². The molecule has 0 unspecified atom stereocenters. The van der Waals surface area contributed by atoms with Gasteiger partial charge in [0.05, 0.1) is 17.8 Å². The maximum absolute atomic E-state index is 13.4. The minimum absolute atomic E-state index is 0.205. The number of benzene rings is 2. The van der Waals surface area contributed by atoms with Crippen LogP contribution in [0.4, 0.5) is 4.39 Å². The van der Waals surface area contributed by atoms with Crippen molar-refractivity contribution >= 4 is 17.5 Å². The fourth-order valence-corrected chi connectivity index (χ4v) is 3.31. The number of carbonyl (C=O) groups is 1. The summed E-state index contributed by atoms with van der Waals surface area (Å²) in [7, 11) is 0. The molecule has 6 heteroatoms. The lowest BCUT2D eigenvalue weighted by Crippen LogP contribution is -2.30. The van der Waals surface area contributed by atoms with E-state index in [9.17, 15) is 9.18 Å². The molecule has 1 heterocycles. The highest BCUT2D eigenvalue weighted by Gasteiger charge is 2.24. The van der Waals surface area contributed by atoms with Crippen molar-refractivity contribution in [3.8, 4) is 0 Å². The summed E-state index contributed by atoms with van der Waals surface area (Å²) in [5.41, 5.74) is 2.76. The van der Waals surface area contributed by atoms with Crippen LogP contribution in [0.2, 0.25) is 5.15 Å². The van der Waals surface area contributed by atoms with E-state index in [0.29, 0.717) is 36.0 Å². The van der Waals surface area contributed by atoms with Crippen molar-refractivity contribution in [1.29, 1.82) is 0 Å². The number of nitrogens with zero attached hydrogens (tertiary/aromatic N) is 3. The molecule has 0 aliphatic rings. The number of aryl methyl sites for hydroxylation is 1. The zero-order valence-corrected chi connectivity index (χ0v) is 16.1. The highest BCUT2D eigenvalue weighted by molar-refractivity contribution is 6.33. The highest BCUT2D eigenvalue weighted by atomic mass is 35.5. The van der Waals surface area contributed by atoms with Gasteiger partial charge in [0.1, 0.15) is 11.0 Å². The van der Waals surface area contributed by atoms with Crippen LogP contribution in [0.15, 0.2) is 54.6 Å². The lowest BCUT2D eigenvalue weighted by molar-refractivity contribution is 0.0751. The number of aromatic nitrogens is 2. The number of hydrogen-bond acceptors (Lipinski definition) is 2. The molecule has 0 spiro atoms. The Hall–Kier alpha value is -2.66. The molecule has 2 aromatic carbocycles. The molecule has 0 saturated carbocycles. The molecule has 1 amide bonds. The average Bonchev–Trinajstić information content (AvgIpc) is 2.93. The van der Waals surface area contributed by atoms with Crippen molar-refractivity contribution in [1.82, 2.24) is 14.7 Å². The Morgan fingerprint density at radius 3 is 2.52 bits per heavy atom. The summed E-state index contributed by atoms with van der Waals surface area (Å²) in [6.45, 7) is 4.94. The van der Waals surface area contributed by atoms with Crippen molar-refractivity contribution in [2.75, 3.05) is 6.54 Å². The summed E-state index contributed by atoms with van der Waals surface area (Å²) in [6, 6.07) is 16.1. The fraction of sp³-hybridized carbons (Fsp3) is 0.238. The van der Waals surface area contributed by atoms with Crippen LogP contribution in [0.5, 0.6) is 0 Å². The molecule has 0 saturated heterocycles. The van der Waals surface area contributed by atoms with Crippen LogP contribution >= 0.6 is 11.6 Å². The topological polar surface area (TPSA) is 38.1 Å². The van der Waals surface area contributed by atoms with Crippen LogP contribution in [0.3, 0.4) is 0 Å². The van der Waals surface area contributed by atoms with Gasteiger partial charge in [-0.1, -0.05) is 54.1 Å². The number of halogens is 2. The van der Waals surface area contributed by atoms with E-state index in [1.54, 1.807) is 28.6 Å². The van der Waals surface area contributed by atoms with Gasteiger partial charge in [-0.2, -0.15) is 5.10 Å². The Balaban J connectivity index is 1.84. The monoisotopic (exact) mass is 385 g/mol. The van der Waals surface area contributed by atoms with E-state index in [0.717, 1.165) is 11.1 Å². The molecule has 3 aromatic rings. The van der Waals surface area contributed by atoms with Crippen LogP contribution in [-0.4, -0.2) is 27.1 Å². The molecule has 140 valence electrons. The molecule has 0 aliphatic carbocycles. The van der Waals surface area contributed by atoms with Gasteiger partial charge in [0.15, 0.2) is 0 Å². The first-order valence-corrected chi connectivity index (χ1v) is 9.18. The molecule has 0 bridgehead atoms. The van der Waals surface area contributed by atoms with Gasteiger partial charge in [-0.05, 0) is 37.1 Å². The first-order chi connectivity index (χ1) is 13.0. The van der Waals surface area contributed by atoms with Crippen molar-refractivity contribution < 1.29 is 9.18 Å². The molecule has 0 atom stereocenters. The standard InChI is InChI=1S/C21H21ClFN3O/c1-3-25(13-17-10-7-11-18(23)12-17)21(27)19-15(2)24-26(20(19)22)14-16-8-5-4-6-9-16/h4-12H,3,13-14H2,1-2H3. The van der Waals surface area contributed by atoms with Gasteiger partial charge in [-0.3, -0.25) is 4.79 Å². The van der Waals surface area contributed by atoms with Gasteiger partial charge >= 0.3 is 0 Å². The number of carbonyl (C=O) groups excluding carboxylic acids is 1. The molecule has 0 fully saturated rings. The molecule has 1 aromatic heterocycles. The van der Waals surface area contributed by atoms with Gasteiger partial charge in [0, 0.05) is 13.1 Å². The van der Waals surface area contributed by atoms with Crippen LogP contribution < -0.4 is 0 Å². The van der Waals surface area contributed by atoms with Crippen LogP contribution in [0.1, 0.15) is 34.1 Å². The maximum atomic E-state index is 13.4. The largest absolute Gasteiger partial charge is 0.334 e. The lowest BCUT2D eigenvalue weighted by Gasteiger charge is -2.21. The third-order valence-electron chi connectivity index (χ3n) is 4.39. The highest BCUT2D eigenvalue weighted by Crippen LogP contribution is 2.23. The smallest absolute Gasteiger partial charge is 0.259 e. The van der Waals surface area contributed by atoms with Crippen LogP contribution in [0, 0.1) is 12.7 Å². The summed E-state index contributed by atoms with van der Waals surface area (Å²) in [6.07, 6.45) is 0. The third-order valence-corrected chi connectivity index (χ3v) is 4.77. The van der Waals surface area contributed by atoms with Crippen molar-refractivity contribution in [3.05, 3.63) is 88.0 Å².